The smallest absolute Gasteiger partial charge is 0.223 e. The maximum Gasteiger partial charge on any atom is 0.223 e. The molecule has 1 heterocycles. The van der Waals surface area contributed by atoms with E-state index >= 15 is 0 Å². The maximum atomic E-state index is 12.8. The quantitative estimate of drug-likeness (QED) is 0.658. The van der Waals surface area contributed by atoms with Crippen molar-refractivity contribution in [2.45, 2.75) is 13.3 Å². The zero-order valence-electron chi connectivity index (χ0n) is 17.5. The van der Waals surface area contributed by atoms with E-state index in [9.17, 15) is 14.4 Å². The number of nitrogens with one attached hydrogen (secondary N) is 3. The number of amides is 1. The van der Waals surface area contributed by atoms with Crippen LogP contribution in [-0.4, -0.2) is 80.5 Å². The van der Waals surface area contributed by atoms with Gasteiger partial charge in [-0.3, -0.25) is 14.4 Å². The Bertz CT molecular complexity index is 812. The summed E-state index contributed by atoms with van der Waals surface area (Å²) in [5.41, 5.74) is 1.40. The van der Waals surface area contributed by atoms with Crippen LogP contribution in [0, 0.1) is 0 Å². The molecule has 1 aromatic carbocycles. The molecule has 0 unspecified atom stereocenters. The van der Waals surface area contributed by atoms with Crippen molar-refractivity contribution in [3.63, 3.8) is 0 Å². The van der Waals surface area contributed by atoms with Gasteiger partial charge in [0, 0.05) is 81.2 Å². The second kappa shape index (κ2) is 11.4. The SMILES string of the molecule is CC1=C(SCCC(=O)N2CCNCCNCCNCC2)C(=O)c2ccccc2C1=O. The first-order valence-corrected chi connectivity index (χ1v) is 11.5. The lowest BCUT2D eigenvalue weighted by Crippen LogP contribution is -2.44. The van der Waals surface area contributed by atoms with Crippen molar-refractivity contribution in [2.24, 2.45) is 0 Å². The molecule has 162 valence electrons. The Morgan fingerprint density at radius 3 is 2.03 bits per heavy atom. The molecule has 1 aliphatic carbocycles. The number of carbonyl (C=O) groups excluding carboxylic acids is 3. The Balaban J connectivity index is 1.55. The molecule has 1 saturated heterocycles. The van der Waals surface area contributed by atoms with Gasteiger partial charge in [0.15, 0.2) is 11.6 Å². The molecule has 0 spiro atoms. The van der Waals surface area contributed by atoms with E-state index in [2.05, 4.69) is 16.0 Å². The van der Waals surface area contributed by atoms with Gasteiger partial charge in [0.05, 0.1) is 4.91 Å². The van der Waals surface area contributed by atoms with Crippen LogP contribution in [0.5, 0.6) is 0 Å². The third kappa shape index (κ3) is 5.78. The standard InChI is InChI=1S/C22H30N4O3S/c1-16-20(28)17-4-2-3-5-18(17)21(29)22(16)30-15-6-19(27)26-13-11-24-9-7-23-8-10-25-12-14-26/h2-5,23-25H,6-15H2,1H3. The fraction of sp³-hybridized carbons (Fsp3) is 0.500. The largest absolute Gasteiger partial charge is 0.340 e. The first kappa shape index (κ1) is 22.7. The number of benzene rings is 1. The third-order valence-corrected chi connectivity index (χ3v) is 6.48. The molecule has 2 aliphatic rings. The first-order valence-electron chi connectivity index (χ1n) is 10.5. The van der Waals surface area contributed by atoms with Gasteiger partial charge in [0.1, 0.15) is 0 Å². The van der Waals surface area contributed by atoms with Crippen molar-refractivity contribution < 1.29 is 14.4 Å². The van der Waals surface area contributed by atoms with E-state index < -0.39 is 0 Å². The van der Waals surface area contributed by atoms with Gasteiger partial charge in [0.25, 0.3) is 0 Å². The number of fused-ring (bicyclic) bond motifs is 1. The zero-order valence-corrected chi connectivity index (χ0v) is 18.3. The zero-order chi connectivity index (χ0) is 21.3. The highest BCUT2D eigenvalue weighted by Crippen LogP contribution is 2.32. The molecular weight excluding hydrogens is 400 g/mol. The molecule has 1 fully saturated rings. The molecule has 30 heavy (non-hydrogen) atoms. The van der Waals surface area contributed by atoms with Crippen molar-refractivity contribution in [3.8, 4) is 0 Å². The number of hydrogen-bond donors (Lipinski definition) is 3. The number of rotatable bonds is 4. The van der Waals surface area contributed by atoms with Crippen molar-refractivity contribution in [2.75, 3.05) is 58.1 Å². The number of hydrogen-bond acceptors (Lipinski definition) is 7. The predicted octanol–water partition coefficient (Wildman–Crippen LogP) is 1.07. The van der Waals surface area contributed by atoms with Crippen LogP contribution in [0.4, 0.5) is 0 Å². The minimum Gasteiger partial charge on any atom is -0.340 e. The average molecular weight is 431 g/mol. The summed E-state index contributed by atoms with van der Waals surface area (Å²) in [4.78, 5) is 40.5. The van der Waals surface area contributed by atoms with E-state index in [1.54, 1.807) is 31.2 Å². The predicted molar refractivity (Wildman–Crippen MR) is 120 cm³/mol. The summed E-state index contributed by atoms with van der Waals surface area (Å²) in [5.74, 6) is 0.338. The molecular formula is C22H30N4O3S. The Kier molecular flexibility index (Phi) is 8.62. The minimum absolute atomic E-state index is 0.0783. The van der Waals surface area contributed by atoms with Crippen molar-refractivity contribution >= 4 is 29.2 Å². The summed E-state index contributed by atoms with van der Waals surface area (Å²) in [5, 5.41) is 10.0. The van der Waals surface area contributed by atoms with Gasteiger partial charge in [-0.05, 0) is 6.92 Å². The fourth-order valence-corrected chi connectivity index (χ4v) is 4.60. The highest BCUT2D eigenvalue weighted by Gasteiger charge is 2.29. The van der Waals surface area contributed by atoms with Gasteiger partial charge in [-0.25, -0.2) is 0 Å². The van der Waals surface area contributed by atoms with E-state index in [0.717, 1.165) is 39.3 Å². The molecule has 0 bridgehead atoms. The normalized spacial score (nSPS) is 19.2. The lowest BCUT2D eigenvalue weighted by atomic mass is 9.90. The van der Waals surface area contributed by atoms with E-state index in [1.165, 1.54) is 11.8 Å². The number of allylic oxidation sites excluding steroid dienone is 2. The number of ketones is 2. The molecule has 0 radical (unpaired) electrons. The molecule has 0 saturated carbocycles. The summed E-state index contributed by atoms with van der Waals surface area (Å²) < 4.78 is 0. The van der Waals surface area contributed by atoms with E-state index in [-0.39, 0.29) is 17.5 Å². The highest BCUT2D eigenvalue weighted by molar-refractivity contribution is 8.04. The molecule has 1 aromatic rings. The van der Waals surface area contributed by atoms with Gasteiger partial charge < -0.3 is 20.9 Å². The molecule has 7 nitrogen and oxygen atoms in total. The van der Waals surface area contributed by atoms with Crippen LogP contribution in [0.2, 0.25) is 0 Å². The Morgan fingerprint density at radius 2 is 1.43 bits per heavy atom. The maximum absolute atomic E-state index is 12.8. The molecule has 1 amide bonds. The monoisotopic (exact) mass is 430 g/mol. The Morgan fingerprint density at radius 1 is 0.900 bits per heavy atom. The van der Waals surface area contributed by atoms with Crippen LogP contribution in [0.25, 0.3) is 0 Å². The summed E-state index contributed by atoms with van der Waals surface area (Å²) in [6, 6.07) is 6.93. The Hall–Kier alpha value is -2.00. The summed E-state index contributed by atoms with van der Waals surface area (Å²) >= 11 is 1.32. The van der Waals surface area contributed by atoms with Gasteiger partial charge in [-0.2, -0.15) is 0 Å². The van der Waals surface area contributed by atoms with E-state index in [1.807, 2.05) is 4.90 Å². The van der Waals surface area contributed by atoms with Crippen LogP contribution in [0.15, 0.2) is 34.7 Å². The van der Waals surface area contributed by atoms with Crippen molar-refractivity contribution in [3.05, 3.63) is 45.9 Å². The van der Waals surface area contributed by atoms with Gasteiger partial charge >= 0.3 is 0 Å². The summed E-state index contributed by atoms with van der Waals surface area (Å²) in [6.45, 7) is 8.13. The average Bonchev–Trinajstić information content (AvgIpc) is 2.75. The summed E-state index contributed by atoms with van der Waals surface area (Å²) in [6.07, 6.45) is 0.339. The van der Waals surface area contributed by atoms with Crippen LogP contribution in [0.1, 0.15) is 34.1 Å². The molecule has 0 aromatic heterocycles. The minimum atomic E-state index is -0.117. The number of nitrogens with zero attached hydrogens (tertiary/aromatic N) is 1. The molecule has 3 rings (SSSR count). The second-order valence-corrected chi connectivity index (χ2v) is 8.49. The molecule has 1 aliphatic heterocycles. The number of thioether (sulfide) groups is 1. The number of carbonyl (C=O) groups is 3. The number of Topliss-reactive ketones (excluding diaryl/α,β-unsaturated/α-hetero) is 2. The van der Waals surface area contributed by atoms with Gasteiger partial charge in [-0.15, -0.1) is 11.8 Å². The molecule has 0 atom stereocenters. The van der Waals surface area contributed by atoms with Gasteiger partial charge in [-0.1, -0.05) is 24.3 Å². The molecule has 3 N–H and O–H groups in total. The first-order chi connectivity index (χ1) is 14.6. The Labute approximate surface area is 182 Å². The van der Waals surface area contributed by atoms with E-state index in [4.69, 9.17) is 0 Å². The van der Waals surface area contributed by atoms with Crippen molar-refractivity contribution in [1.82, 2.24) is 20.9 Å². The summed E-state index contributed by atoms with van der Waals surface area (Å²) in [7, 11) is 0. The van der Waals surface area contributed by atoms with Crippen LogP contribution >= 0.6 is 11.8 Å². The van der Waals surface area contributed by atoms with Crippen LogP contribution in [-0.2, 0) is 4.79 Å². The second-order valence-electron chi connectivity index (χ2n) is 7.39. The van der Waals surface area contributed by atoms with E-state index in [0.29, 0.717) is 46.9 Å². The topological polar surface area (TPSA) is 90.5 Å². The van der Waals surface area contributed by atoms with Crippen LogP contribution in [0.3, 0.4) is 0 Å². The van der Waals surface area contributed by atoms with Crippen molar-refractivity contribution in [1.29, 1.82) is 0 Å². The lowest BCUT2D eigenvalue weighted by Gasteiger charge is -2.24. The third-order valence-electron chi connectivity index (χ3n) is 5.29. The highest BCUT2D eigenvalue weighted by atomic mass is 32.2. The van der Waals surface area contributed by atoms with Gasteiger partial charge in [0.2, 0.25) is 5.91 Å². The fourth-order valence-electron chi connectivity index (χ4n) is 3.57. The van der Waals surface area contributed by atoms with Crippen LogP contribution < -0.4 is 16.0 Å². The lowest BCUT2D eigenvalue weighted by molar-refractivity contribution is -0.130. The molecule has 8 heteroatoms.